The highest BCUT2D eigenvalue weighted by Crippen LogP contribution is 2.24. The van der Waals surface area contributed by atoms with Gasteiger partial charge in [0.1, 0.15) is 5.82 Å². The van der Waals surface area contributed by atoms with E-state index >= 15 is 0 Å². The number of benzene rings is 1. The van der Waals surface area contributed by atoms with Crippen molar-refractivity contribution in [1.82, 2.24) is 15.6 Å². The first kappa shape index (κ1) is 23.9. The summed E-state index contributed by atoms with van der Waals surface area (Å²) in [6, 6.07) is 14.2. The summed E-state index contributed by atoms with van der Waals surface area (Å²) < 4.78 is 0. The Hall–Kier alpha value is -2.36. The van der Waals surface area contributed by atoms with E-state index in [9.17, 15) is 4.79 Å². The lowest BCUT2D eigenvalue weighted by Gasteiger charge is -2.33. The maximum atomic E-state index is 11.6. The molecule has 162 valence electrons. The lowest BCUT2D eigenvalue weighted by atomic mass is 9.97. The molecule has 4 N–H and O–H groups in total. The monoisotopic (exact) mass is 522 g/mol. The molecule has 1 aromatic carbocycles. The number of guanidine groups is 1. The first-order chi connectivity index (χ1) is 14.2. The van der Waals surface area contributed by atoms with Crippen molar-refractivity contribution >= 4 is 41.7 Å². The minimum atomic E-state index is -0.229. The Morgan fingerprint density at radius 3 is 2.77 bits per heavy atom. The van der Waals surface area contributed by atoms with Crippen LogP contribution in [0.5, 0.6) is 0 Å². The lowest BCUT2D eigenvalue weighted by Crippen LogP contribution is -2.42. The molecule has 1 aliphatic heterocycles. The Bertz CT molecular complexity index is 829. The number of hydrogen-bond acceptors (Lipinski definition) is 4. The van der Waals surface area contributed by atoms with E-state index in [2.05, 4.69) is 43.7 Å². The molecule has 1 saturated heterocycles. The topological polar surface area (TPSA) is 95.6 Å². The SMILES string of the molecule is CCNC(=NCc1ccccc1)NCc1cccnc1N1CCCC(C(N)=O)C1.I. The van der Waals surface area contributed by atoms with Crippen molar-refractivity contribution in [1.29, 1.82) is 0 Å². The number of nitrogens with zero attached hydrogens (tertiary/aromatic N) is 3. The van der Waals surface area contributed by atoms with E-state index in [1.54, 1.807) is 6.20 Å². The summed E-state index contributed by atoms with van der Waals surface area (Å²) in [5, 5.41) is 6.69. The van der Waals surface area contributed by atoms with Gasteiger partial charge in [-0.25, -0.2) is 9.98 Å². The van der Waals surface area contributed by atoms with Crippen LogP contribution in [-0.2, 0) is 17.9 Å². The van der Waals surface area contributed by atoms with Gasteiger partial charge in [0.05, 0.1) is 12.5 Å². The van der Waals surface area contributed by atoms with Crippen molar-refractivity contribution < 1.29 is 4.79 Å². The average Bonchev–Trinajstić information content (AvgIpc) is 2.76. The molecule has 1 aromatic heterocycles. The number of anilines is 1. The van der Waals surface area contributed by atoms with Gasteiger partial charge in [-0.1, -0.05) is 36.4 Å². The molecular formula is C22H31IN6O. The van der Waals surface area contributed by atoms with Crippen molar-refractivity contribution in [3.05, 3.63) is 59.8 Å². The Labute approximate surface area is 195 Å². The van der Waals surface area contributed by atoms with Gasteiger partial charge in [0.15, 0.2) is 5.96 Å². The second kappa shape index (κ2) is 12.4. The minimum Gasteiger partial charge on any atom is -0.369 e. The third kappa shape index (κ3) is 6.86. The number of amides is 1. The van der Waals surface area contributed by atoms with E-state index in [1.807, 2.05) is 31.2 Å². The summed E-state index contributed by atoms with van der Waals surface area (Å²) in [4.78, 5) is 23.1. The molecule has 0 bridgehead atoms. The van der Waals surface area contributed by atoms with Crippen LogP contribution in [0.2, 0.25) is 0 Å². The van der Waals surface area contributed by atoms with E-state index in [0.717, 1.165) is 48.8 Å². The number of nitrogens with one attached hydrogen (secondary N) is 2. The quantitative estimate of drug-likeness (QED) is 0.295. The van der Waals surface area contributed by atoms with Gasteiger partial charge in [0, 0.05) is 37.9 Å². The van der Waals surface area contributed by atoms with E-state index in [4.69, 9.17) is 5.73 Å². The Kier molecular flexibility index (Phi) is 9.85. The first-order valence-corrected chi connectivity index (χ1v) is 10.2. The highest BCUT2D eigenvalue weighted by atomic mass is 127. The van der Waals surface area contributed by atoms with Gasteiger partial charge in [-0.15, -0.1) is 24.0 Å². The molecular weight excluding hydrogens is 491 g/mol. The van der Waals surface area contributed by atoms with E-state index in [-0.39, 0.29) is 35.8 Å². The molecule has 1 amide bonds. The number of pyridine rings is 1. The van der Waals surface area contributed by atoms with Gasteiger partial charge in [-0.05, 0) is 31.4 Å². The van der Waals surface area contributed by atoms with Gasteiger partial charge < -0.3 is 21.3 Å². The highest BCUT2D eigenvalue weighted by molar-refractivity contribution is 14.0. The molecule has 0 spiro atoms. The van der Waals surface area contributed by atoms with Crippen molar-refractivity contribution in [3.8, 4) is 0 Å². The molecule has 1 aliphatic rings. The molecule has 0 aliphatic carbocycles. The van der Waals surface area contributed by atoms with Gasteiger partial charge in [0.2, 0.25) is 5.91 Å². The van der Waals surface area contributed by atoms with Crippen LogP contribution in [0.25, 0.3) is 0 Å². The number of piperidine rings is 1. The number of nitrogens with two attached hydrogens (primary N) is 1. The molecule has 7 nitrogen and oxygen atoms in total. The molecule has 2 aromatic rings. The fourth-order valence-electron chi connectivity index (χ4n) is 3.53. The number of halogens is 1. The summed E-state index contributed by atoms with van der Waals surface area (Å²) in [7, 11) is 0. The Balaban J connectivity index is 0.00000320. The van der Waals surface area contributed by atoms with Crippen LogP contribution in [0.4, 0.5) is 5.82 Å². The molecule has 8 heteroatoms. The predicted molar refractivity (Wildman–Crippen MR) is 132 cm³/mol. The number of aliphatic imine (C=N–C) groups is 1. The van der Waals surface area contributed by atoms with Crippen molar-refractivity contribution in [2.24, 2.45) is 16.6 Å². The van der Waals surface area contributed by atoms with Gasteiger partial charge in [0.25, 0.3) is 0 Å². The van der Waals surface area contributed by atoms with Gasteiger partial charge in [-0.3, -0.25) is 4.79 Å². The maximum absolute atomic E-state index is 11.6. The molecule has 1 unspecified atom stereocenters. The third-order valence-corrected chi connectivity index (χ3v) is 5.04. The van der Waals surface area contributed by atoms with Gasteiger partial charge in [-0.2, -0.15) is 0 Å². The molecule has 0 radical (unpaired) electrons. The summed E-state index contributed by atoms with van der Waals surface area (Å²) in [6.07, 6.45) is 3.59. The van der Waals surface area contributed by atoms with Crippen LogP contribution in [0.3, 0.4) is 0 Å². The Morgan fingerprint density at radius 1 is 1.23 bits per heavy atom. The van der Waals surface area contributed by atoms with E-state index in [1.165, 1.54) is 0 Å². The second-order valence-electron chi connectivity index (χ2n) is 7.21. The zero-order valence-electron chi connectivity index (χ0n) is 17.4. The summed E-state index contributed by atoms with van der Waals surface area (Å²) in [6.45, 7) is 5.56. The molecule has 1 atom stereocenters. The Morgan fingerprint density at radius 2 is 2.03 bits per heavy atom. The number of carbonyl (C=O) groups excluding carboxylic acids is 1. The fourth-order valence-corrected chi connectivity index (χ4v) is 3.53. The van der Waals surface area contributed by atoms with Crippen molar-refractivity contribution in [2.75, 3.05) is 24.5 Å². The zero-order chi connectivity index (χ0) is 20.5. The highest BCUT2D eigenvalue weighted by Gasteiger charge is 2.25. The molecule has 1 fully saturated rings. The molecule has 3 rings (SSSR count). The second-order valence-corrected chi connectivity index (χ2v) is 7.21. The average molecular weight is 522 g/mol. The molecule has 0 saturated carbocycles. The van der Waals surface area contributed by atoms with Gasteiger partial charge >= 0.3 is 0 Å². The standard InChI is InChI=1S/C22H30N6O.HI/c1-2-24-22(26-14-17-8-4-3-5-9-17)27-15-18-10-6-12-25-21(18)28-13-7-11-19(16-28)20(23)29;/h3-6,8-10,12,19H,2,7,11,13-16H2,1H3,(H2,23,29)(H2,24,26,27);1H. The van der Waals surface area contributed by atoms with E-state index < -0.39 is 0 Å². The fraction of sp³-hybridized carbons (Fsp3) is 0.409. The summed E-state index contributed by atoms with van der Waals surface area (Å²) in [5.41, 5.74) is 7.77. The van der Waals surface area contributed by atoms with Crippen LogP contribution < -0.4 is 21.3 Å². The number of aromatic nitrogens is 1. The van der Waals surface area contributed by atoms with Crippen LogP contribution in [0.15, 0.2) is 53.7 Å². The number of primary amides is 1. The minimum absolute atomic E-state index is 0. The van der Waals surface area contributed by atoms with Crippen LogP contribution >= 0.6 is 24.0 Å². The first-order valence-electron chi connectivity index (χ1n) is 10.2. The van der Waals surface area contributed by atoms with Crippen molar-refractivity contribution in [3.63, 3.8) is 0 Å². The summed E-state index contributed by atoms with van der Waals surface area (Å²) in [5.74, 6) is 1.33. The lowest BCUT2D eigenvalue weighted by molar-refractivity contribution is -0.122. The normalized spacial score (nSPS) is 16.5. The smallest absolute Gasteiger partial charge is 0.222 e. The van der Waals surface area contributed by atoms with E-state index in [0.29, 0.717) is 19.6 Å². The van der Waals surface area contributed by atoms with Crippen LogP contribution in [0, 0.1) is 5.92 Å². The number of rotatable bonds is 7. The molecule has 2 heterocycles. The van der Waals surface area contributed by atoms with Crippen LogP contribution in [0.1, 0.15) is 30.9 Å². The predicted octanol–water partition coefficient (Wildman–Crippen LogP) is 2.66. The van der Waals surface area contributed by atoms with Crippen molar-refractivity contribution in [2.45, 2.75) is 32.9 Å². The largest absolute Gasteiger partial charge is 0.369 e. The van der Waals surface area contributed by atoms with Crippen LogP contribution in [-0.4, -0.2) is 36.5 Å². The third-order valence-electron chi connectivity index (χ3n) is 5.04. The zero-order valence-corrected chi connectivity index (χ0v) is 19.7. The maximum Gasteiger partial charge on any atom is 0.222 e. The number of carbonyl (C=O) groups is 1. The summed E-state index contributed by atoms with van der Waals surface area (Å²) >= 11 is 0. The molecule has 30 heavy (non-hydrogen) atoms. The number of hydrogen-bond donors (Lipinski definition) is 3.